The van der Waals surface area contributed by atoms with E-state index in [1.807, 2.05) is 82.3 Å². The maximum absolute atomic E-state index is 5.86. The number of aryl methyl sites for hydroxylation is 1. The molecule has 1 aromatic carbocycles. The zero-order valence-corrected chi connectivity index (χ0v) is 22.7. The topological polar surface area (TPSA) is 45.5 Å². The first kappa shape index (κ1) is 42.0. The van der Waals surface area contributed by atoms with Gasteiger partial charge >= 0.3 is 0 Å². The Hall–Kier alpha value is -0.162. The Morgan fingerprint density at radius 3 is 2.06 bits per heavy atom. The molecule has 2 aliphatic rings. The number of aromatic nitrogens is 2. The third-order valence-corrected chi connectivity index (χ3v) is 3.64. The Kier molecular flexibility index (Phi) is 35.6. The van der Waals surface area contributed by atoms with E-state index in [0.717, 1.165) is 49.7 Å². The zero-order valence-electron chi connectivity index (χ0n) is 18.5. The first-order chi connectivity index (χ1) is 13.3. The van der Waals surface area contributed by atoms with E-state index in [-0.39, 0.29) is 79.8 Å². The Morgan fingerprint density at radius 1 is 1.00 bits per heavy atom. The van der Waals surface area contributed by atoms with Crippen molar-refractivity contribution in [3.8, 4) is 11.6 Å². The average molecular weight is 564 g/mol. The Morgan fingerprint density at radius 2 is 1.62 bits per heavy atom. The number of benzene rings is 1. The number of hydrogen-bond acceptors (Lipinski definition) is 4. The van der Waals surface area contributed by atoms with Crippen LogP contribution in [0.1, 0.15) is 81.4 Å². The molecular weight excluding hydrogens is 516 g/mol. The molecule has 2 fully saturated rings. The first-order valence-electron chi connectivity index (χ1n) is 10.2. The molecule has 1 aromatic heterocycles. The molecule has 3 heterocycles. The van der Waals surface area contributed by atoms with Gasteiger partial charge in [-0.1, -0.05) is 74.6 Å². The van der Waals surface area contributed by atoms with Crippen molar-refractivity contribution in [1.82, 2.24) is 9.78 Å². The van der Waals surface area contributed by atoms with Crippen LogP contribution in [0.15, 0.2) is 36.4 Å². The molecule has 4 rings (SSSR count). The summed E-state index contributed by atoms with van der Waals surface area (Å²) in [7, 11) is 0. The van der Waals surface area contributed by atoms with Crippen LogP contribution in [0.4, 0.5) is 0 Å². The summed E-state index contributed by atoms with van der Waals surface area (Å²) in [4.78, 5) is 0. The van der Waals surface area contributed by atoms with Gasteiger partial charge in [0.05, 0.1) is 18.0 Å². The normalized spacial score (nSPS) is 14.8. The van der Waals surface area contributed by atoms with E-state index in [4.69, 9.17) is 14.2 Å². The van der Waals surface area contributed by atoms with Crippen molar-refractivity contribution in [1.29, 1.82) is 0 Å². The number of para-hydroxylation sites is 1. The van der Waals surface area contributed by atoms with Gasteiger partial charge in [-0.05, 0) is 25.5 Å². The molecule has 0 saturated carbocycles. The Labute approximate surface area is 236 Å². The number of nitrogens with zero attached hydrogens (tertiary/aromatic N) is 2. The van der Waals surface area contributed by atoms with Gasteiger partial charge in [0.2, 0.25) is 12.2 Å². The summed E-state index contributed by atoms with van der Waals surface area (Å²) in [5, 5.41) is 4.46. The molecule has 0 N–H and O–H groups in total. The molecule has 1 atom stereocenters. The summed E-state index contributed by atoms with van der Waals surface area (Å²) in [6.07, 6.45) is 4.24. The van der Waals surface area contributed by atoms with Crippen molar-refractivity contribution < 1.29 is 65.5 Å². The number of hydrogen-bond donors (Lipinski definition) is 0. The van der Waals surface area contributed by atoms with Crippen molar-refractivity contribution in [2.24, 2.45) is 0 Å². The smallest absolute Gasteiger partial charge is 0.219 e. The maximum Gasteiger partial charge on any atom is 0.219 e. The van der Waals surface area contributed by atoms with Crippen LogP contribution in [0.25, 0.3) is 5.69 Å². The molecule has 1 unspecified atom stereocenters. The van der Waals surface area contributed by atoms with Crippen LogP contribution < -0.4 is 4.74 Å². The SMILES string of the molecule is C.C.C.CC.CC.Cc1cc(OC2CCCO2)n(-c2ccccc2)n1.[CH-]1CCCO1.[V].[Y]. The summed E-state index contributed by atoms with van der Waals surface area (Å²) in [5.41, 5.74) is 1.94. The van der Waals surface area contributed by atoms with E-state index in [9.17, 15) is 0 Å². The molecule has 0 bridgehead atoms. The Balaban J connectivity index is -0.000000151. The summed E-state index contributed by atoms with van der Waals surface area (Å²) >= 11 is 0. The second kappa shape index (κ2) is 27.1. The molecule has 0 aliphatic carbocycles. The van der Waals surface area contributed by atoms with Crippen LogP contribution in [-0.4, -0.2) is 29.3 Å². The molecule has 0 amide bonds. The minimum atomic E-state index is -0.136. The monoisotopic (exact) mass is 563 g/mol. The minimum Gasteiger partial charge on any atom is -0.552 e. The van der Waals surface area contributed by atoms with Crippen molar-refractivity contribution in [2.45, 2.75) is 88.9 Å². The van der Waals surface area contributed by atoms with Crippen LogP contribution in [0.5, 0.6) is 5.88 Å². The molecule has 32 heavy (non-hydrogen) atoms. The van der Waals surface area contributed by atoms with Gasteiger partial charge < -0.3 is 14.2 Å². The van der Waals surface area contributed by atoms with Gasteiger partial charge in [0.15, 0.2) is 0 Å². The maximum atomic E-state index is 5.86. The third-order valence-electron chi connectivity index (χ3n) is 3.64. The van der Waals surface area contributed by atoms with Gasteiger partial charge in [0.1, 0.15) is 0 Å². The Bertz CT molecular complexity index is 595. The molecule has 7 heteroatoms. The van der Waals surface area contributed by atoms with E-state index < -0.39 is 0 Å². The fraction of sp³-hybridized carbons (Fsp3) is 0.600. The van der Waals surface area contributed by atoms with Crippen LogP contribution in [-0.2, 0) is 60.7 Å². The zero-order chi connectivity index (χ0) is 19.9. The molecule has 5 nitrogen and oxygen atoms in total. The van der Waals surface area contributed by atoms with Gasteiger partial charge in [-0.15, -0.1) is 0 Å². The van der Waals surface area contributed by atoms with Crippen LogP contribution in [0, 0.1) is 13.5 Å². The standard InChI is InChI=1S/C14H16N2O2.C4H7O.2C2H6.3CH4.V.Y/c1-11-10-13(18-14-8-5-9-17-14)16(15-11)12-6-3-2-4-7-12;1-2-4-5-3-1;2*1-2;;;;;/h2-4,6-7,10,14H,5,8-9H2,1H3;3H,1-2,4H2;2*1-2H3;3*1H4;;/q;-1;;;;;;;. The second-order valence-electron chi connectivity index (χ2n) is 5.61. The first-order valence-corrected chi connectivity index (χ1v) is 10.2. The van der Waals surface area contributed by atoms with E-state index >= 15 is 0 Å². The van der Waals surface area contributed by atoms with E-state index in [1.165, 1.54) is 6.42 Å². The van der Waals surface area contributed by atoms with Crippen molar-refractivity contribution in [3.63, 3.8) is 0 Å². The predicted octanol–water partition coefficient (Wildman–Crippen LogP) is 7.61. The summed E-state index contributed by atoms with van der Waals surface area (Å²) in [5.74, 6) is 0.741. The van der Waals surface area contributed by atoms with Crippen molar-refractivity contribution in [3.05, 3.63) is 48.7 Å². The van der Waals surface area contributed by atoms with Crippen LogP contribution in [0.2, 0.25) is 0 Å². The summed E-state index contributed by atoms with van der Waals surface area (Å²) in [6, 6.07) is 11.9. The number of ether oxygens (including phenoxy) is 3. The fourth-order valence-electron chi connectivity index (χ4n) is 2.51. The van der Waals surface area contributed by atoms with Gasteiger partial charge in [0.25, 0.3) is 0 Å². The van der Waals surface area contributed by atoms with Crippen LogP contribution >= 0.6 is 0 Å². The van der Waals surface area contributed by atoms with Crippen molar-refractivity contribution >= 4 is 0 Å². The molecule has 2 aromatic rings. The predicted molar refractivity (Wildman–Crippen MR) is 130 cm³/mol. The van der Waals surface area contributed by atoms with Gasteiger partial charge in [0, 0.05) is 70.4 Å². The van der Waals surface area contributed by atoms with Crippen molar-refractivity contribution in [2.75, 3.05) is 13.2 Å². The number of rotatable bonds is 3. The quantitative estimate of drug-likeness (QED) is 0.361. The van der Waals surface area contributed by atoms with Gasteiger partial charge in [-0.2, -0.15) is 11.5 Å². The van der Waals surface area contributed by atoms with E-state index in [0.29, 0.717) is 0 Å². The molecule has 0 spiro atoms. The molecule has 2 aliphatic heterocycles. The molecule has 2 saturated heterocycles. The van der Waals surface area contributed by atoms with Crippen LogP contribution in [0.3, 0.4) is 0 Å². The van der Waals surface area contributed by atoms with E-state index in [2.05, 4.69) is 5.10 Å². The van der Waals surface area contributed by atoms with Gasteiger partial charge in [-0.25, -0.2) is 11.3 Å². The third kappa shape index (κ3) is 15.6. The van der Waals surface area contributed by atoms with Gasteiger partial charge in [-0.3, -0.25) is 0 Å². The minimum absolute atomic E-state index is 0. The average Bonchev–Trinajstić information content (AvgIpc) is 3.50. The second-order valence-corrected chi connectivity index (χ2v) is 5.61. The fourth-order valence-corrected chi connectivity index (χ4v) is 2.51. The largest absolute Gasteiger partial charge is 0.552 e. The summed E-state index contributed by atoms with van der Waals surface area (Å²) < 4.78 is 18.0. The summed E-state index contributed by atoms with van der Waals surface area (Å²) in [6.45, 7) is 13.5. The molecule has 2 radical (unpaired) electrons. The molecular formula is C25H47N2O3VY-. The molecule has 184 valence electrons. The van der Waals surface area contributed by atoms with E-state index in [1.54, 1.807) is 0 Å².